The lowest BCUT2D eigenvalue weighted by atomic mass is 9.77. The van der Waals surface area contributed by atoms with Gasteiger partial charge in [-0.05, 0) is 89.9 Å². The Bertz CT molecular complexity index is 1930. The number of ether oxygens (including phenoxy) is 1. The van der Waals surface area contributed by atoms with Crippen molar-refractivity contribution < 1.29 is 23.1 Å². The van der Waals surface area contributed by atoms with Gasteiger partial charge < -0.3 is 24.7 Å². The van der Waals surface area contributed by atoms with Gasteiger partial charge in [0.25, 0.3) is 0 Å². The maximum absolute atomic E-state index is 14.7. The molecule has 2 N–H and O–H groups in total. The highest BCUT2D eigenvalue weighted by molar-refractivity contribution is 7.98. The van der Waals surface area contributed by atoms with Crippen molar-refractivity contribution in [3.05, 3.63) is 81.9 Å². The largest absolute Gasteiger partial charge is 0.460 e. The Balaban J connectivity index is 1.09. The maximum atomic E-state index is 14.7. The quantitative estimate of drug-likeness (QED) is 0.136. The van der Waals surface area contributed by atoms with E-state index < -0.39 is 17.0 Å². The smallest absolute Gasteiger partial charge is 0.335 e. The average Bonchev–Trinajstić information content (AvgIpc) is 3.04. The number of rotatable bonds is 10. The zero-order valence-electron chi connectivity index (χ0n) is 27.8. The summed E-state index contributed by atoms with van der Waals surface area (Å²) in [4.78, 5) is 48.2. The molecule has 3 aromatic heterocycles. The Kier molecular flexibility index (Phi) is 10.8. The number of halogens is 2. The third kappa shape index (κ3) is 9.03. The number of hydrogen-bond acceptors (Lipinski definition) is 12. The van der Waals surface area contributed by atoms with Crippen molar-refractivity contribution in [2.24, 2.45) is 11.8 Å². The number of hydrogen-bond donors (Lipinski definition) is 2. The number of thioether (sulfide) groups is 1. The zero-order valence-corrected chi connectivity index (χ0v) is 29.4. The molecule has 1 aromatic carbocycles. The lowest BCUT2D eigenvalue weighted by molar-refractivity contribution is -0.162. The summed E-state index contributed by atoms with van der Waals surface area (Å²) >= 11 is 7.39. The fraction of sp³-hybridized carbons (Fsp3) is 0.400. The van der Waals surface area contributed by atoms with Crippen LogP contribution in [0.5, 0.6) is 0 Å². The van der Waals surface area contributed by atoms with E-state index in [9.17, 15) is 18.8 Å². The molecule has 0 radical (unpaired) electrons. The Morgan fingerprint density at radius 1 is 1.04 bits per heavy atom. The molecule has 2 aliphatic rings. The van der Waals surface area contributed by atoms with Crippen LogP contribution in [0.2, 0.25) is 5.02 Å². The second-order valence-corrected chi connectivity index (χ2v) is 14.7. The first-order valence-electron chi connectivity index (χ1n) is 16.3. The molecule has 1 amide bonds. The van der Waals surface area contributed by atoms with Crippen LogP contribution in [0.4, 0.5) is 21.7 Å². The van der Waals surface area contributed by atoms with Crippen LogP contribution in [-0.2, 0) is 20.1 Å². The number of piperidine rings is 1. The Labute approximate surface area is 297 Å². The lowest BCUT2D eigenvalue weighted by Gasteiger charge is -2.44. The number of benzene rings is 1. The number of nitrogens with one attached hydrogen (secondary N) is 2. The Morgan fingerprint density at radius 2 is 1.80 bits per heavy atom. The van der Waals surface area contributed by atoms with Crippen molar-refractivity contribution in [1.82, 2.24) is 25.1 Å². The molecule has 4 heterocycles. The minimum atomic E-state index is -0.517. The van der Waals surface area contributed by atoms with Crippen LogP contribution >= 0.6 is 23.4 Å². The molecule has 6 rings (SSSR count). The SMILES string of the molecule is CC(C)(C)OC(=O)C1CCN(C2CC(C(=O)Nc3cc(Nc4cc(-c5cc(Cl)ccc5F)nnc4SCc4cccc(=O)o4)ncn3)C2)CC1. The molecule has 15 heteroatoms. The van der Waals surface area contributed by atoms with E-state index in [2.05, 4.69) is 35.7 Å². The number of aromatic nitrogens is 4. The van der Waals surface area contributed by atoms with Gasteiger partial charge in [-0.2, -0.15) is 0 Å². The van der Waals surface area contributed by atoms with Gasteiger partial charge in [-0.25, -0.2) is 19.2 Å². The van der Waals surface area contributed by atoms with Crippen molar-refractivity contribution in [3.63, 3.8) is 0 Å². The average molecular weight is 722 g/mol. The first-order chi connectivity index (χ1) is 23.9. The molecule has 0 bridgehead atoms. The Morgan fingerprint density at radius 3 is 2.54 bits per heavy atom. The standard InChI is InChI=1S/C35H37ClFN7O5S/c1-35(2,3)49-34(47)20-9-11-44(12-10-20)23-13-21(14-23)32(46)41-30-17-29(38-19-39-30)40-28-16-27(25-15-22(36)7-8-26(25)37)42-43-33(28)50-18-24-5-4-6-31(45)48-24/h4-8,15-17,19-21,23H,9-14,18H2,1-3H3,(H2,38,39,40,41,42,46). The fourth-order valence-corrected chi connectivity index (χ4v) is 6.87. The normalized spacial score (nSPS) is 18.3. The van der Waals surface area contributed by atoms with E-state index in [4.69, 9.17) is 20.8 Å². The predicted molar refractivity (Wildman–Crippen MR) is 188 cm³/mol. The van der Waals surface area contributed by atoms with Gasteiger partial charge in [0.1, 0.15) is 40.2 Å². The second-order valence-electron chi connectivity index (χ2n) is 13.3. The summed E-state index contributed by atoms with van der Waals surface area (Å²) in [5.74, 6) is 0.376. The van der Waals surface area contributed by atoms with E-state index in [1.54, 1.807) is 24.3 Å². The molecular formula is C35H37ClFN7O5S. The molecule has 0 spiro atoms. The molecule has 50 heavy (non-hydrogen) atoms. The minimum Gasteiger partial charge on any atom is -0.460 e. The van der Waals surface area contributed by atoms with Crippen molar-refractivity contribution in [3.8, 4) is 11.3 Å². The van der Waals surface area contributed by atoms with Crippen molar-refractivity contribution in [2.45, 2.75) is 68.9 Å². The van der Waals surface area contributed by atoms with E-state index in [0.717, 1.165) is 38.8 Å². The van der Waals surface area contributed by atoms with E-state index >= 15 is 0 Å². The maximum Gasteiger partial charge on any atom is 0.335 e. The molecule has 4 aromatic rings. The summed E-state index contributed by atoms with van der Waals surface area (Å²) in [5.41, 5.74) is -0.106. The van der Waals surface area contributed by atoms with Gasteiger partial charge in [-0.1, -0.05) is 29.4 Å². The summed E-state index contributed by atoms with van der Waals surface area (Å²) in [6, 6.07) is 12.3. The van der Waals surface area contributed by atoms with Crippen LogP contribution in [0.3, 0.4) is 0 Å². The molecule has 0 atom stereocenters. The van der Waals surface area contributed by atoms with Gasteiger partial charge in [0.05, 0.1) is 23.1 Å². The van der Waals surface area contributed by atoms with E-state index in [1.807, 2.05) is 20.8 Å². The van der Waals surface area contributed by atoms with Gasteiger partial charge in [0.15, 0.2) is 0 Å². The third-order valence-electron chi connectivity index (χ3n) is 8.51. The predicted octanol–water partition coefficient (Wildman–Crippen LogP) is 6.49. The van der Waals surface area contributed by atoms with Gasteiger partial charge in [0, 0.05) is 34.7 Å². The summed E-state index contributed by atoms with van der Waals surface area (Å²) in [5, 5.41) is 15.4. The number of nitrogens with zero attached hydrogens (tertiary/aromatic N) is 5. The summed E-state index contributed by atoms with van der Waals surface area (Å²) in [7, 11) is 0. The van der Waals surface area contributed by atoms with Crippen LogP contribution in [0.1, 0.15) is 52.2 Å². The molecule has 262 valence electrons. The van der Waals surface area contributed by atoms with Crippen molar-refractivity contribution in [2.75, 3.05) is 23.7 Å². The molecule has 1 aliphatic heterocycles. The summed E-state index contributed by atoms with van der Waals surface area (Å²) in [6.07, 6.45) is 4.29. The molecule has 12 nitrogen and oxygen atoms in total. The van der Waals surface area contributed by atoms with E-state index in [0.29, 0.717) is 39.2 Å². The topological polar surface area (TPSA) is 152 Å². The molecule has 1 saturated heterocycles. The van der Waals surface area contributed by atoms with E-state index in [1.165, 1.54) is 42.4 Å². The van der Waals surface area contributed by atoms with Crippen LogP contribution in [-0.4, -0.2) is 61.7 Å². The van der Waals surface area contributed by atoms with Gasteiger partial charge in [-0.15, -0.1) is 10.2 Å². The van der Waals surface area contributed by atoms with Gasteiger partial charge in [-0.3, -0.25) is 9.59 Å². The molecular weight excluding hydrogens is 685 g/mol. The zero-order chi connectivity index (χ0) is 35.4. The monoisotopic (exact) mass is 721 g/mol. The first-order valence-corrected chi connectivity index (χ1v) is 17.7. The molecule has 2 fully saturated rings. The van der Waals surface area contributed by atoms with Crippen LogP contribution < -0.4 is 16.3 Å². The van der Waals surface area contributed by atoms with Crippen molar-refractivity contribution in [1.29, 1.82) is 0 Å². The fourth-order valence-electron chi connectivity index (χ4n) is 5.90. The third-order valence-corrected chi connectivity index (χ3v) is 9.75. The first kappa shape index (κ1) is 35.4. The highest BCUT2D eigenvalue weighted by Gasteiger charge is 2.40. The summed E-state index contributed by atoms with van der Waals surface area (Å²) < 4.78 is 25.6. The van der Waals surface area contributed by atoms with E-state index in [-0.39, 0.29) is 40.7 Å². The minimum absolute atomic E-state index is 0.0844. The lowest BCUT2D eigenvalue weighted by Crippen LogP contribution is -2.51. The van der Waals surface area contributed by atoms with Crippen LogP contribution in [0, 0.1) is 17.7 Å². The molecule has 1 saturated carbocycles. The number of carbonyl (C=O) groups excluding carboxylic acids is 2. The highest BCUT2D eigenvalue weighted by Crippen LogP contribution is 2.36. The summed E-state index contributed by atoms with van der Waals surface area (Å²) in [6.45, 7) is 7.25. The molecule has 0 unspecified atom stereocenters. The number of esters is 1. The van der Waals surface area contributed by atoms with Gasteiger partial charge >= 0.3 is 11.6 Å². The number of anilines is 3. The number of amides is 1. The Hall–Kier alpha value is -4.40. The number of carbonyl (C=O) groups is 2. The number of likely N-dealkylation sites (tertiary alicyclic amines) is 1. The molecule has 1 aliphatic carbocycles. The highest BCUT2D eigenvalue weighted by atomic mass is 35.5. The van der Waals surface area contributed by atoms with Crippen LogP contribution in [0.25, 0.3) is 11.3 Å². The van der Waals surface area contributed by atoms with Gasteiger partial charge in [0.2, 0.25) is 5.91 Å². The second kappa shape index (κ2) is 15.2. The van der Waals surface area contributed by atoms with Crippen LogP contribution in [0.15, 0.2) is 69.1 Å². The van der Waals surface area contributed by atoms with Crippen molar-refractivity contribution >= 4 is 52.6 Å².